The third kappa shape index (κ3) is 4.09. The highest BCUT2D eigenvalue weighted by atomic mass is 16.5. The summed E-state index contributed by atoms with van der Waals surface area (Å²) < 4.78 is 11.0. The summed E-state index contributed by atoms with van der Waals surface area (Å²) in [6.45, 7) is 6.24. The molecule has 1 aliphatic heterocycles. The van der Waals surface area contributed by atoms with E-state index in [-0.39, 0.29) is 23.0 Å². The quantitative estimate of drug-likeness (QED) is 0.471. The SMILES string of the molecule is CC(C)c1nc(-c2ccc(N3CCN(C(=O)c4cc(=O)c5ccccc5o4)CC3)nc2)no1. The van der Waals surface area contributed by atoms with Gasteiger partial charge in [-0.15, -0.1) is 0 Å². The first kappa shape index (κ1) is 20.9. The summed E-state index contributed by atoms with van der Waals surface area (Å²) in [7, 11) is 0. The summed E-state index contributed by atoms with van der Waals surface area (Å²) in [5.41, 5.74) is 0.984. The predicted molar refractivity (Wildman–Crippen MR) is 122 cm³/mol. The Kier molecular flexibility index (Phi) is 5.37. The van der Waals surface area contributed by atoms with Crippen LogP contribution in [0.25, 0.3) is 22.4 Å². The van der Waals surface area contributed by atoms with E-state index in [0.29, 0.717) is 48.9 Å². The van der Waals surface area contributed by atoms with Gasteiger partial charge in [0.25, 0.3) is 5.91 Å². The molecule has 1 aliphatic rings. The Morgan fingerprint density at radius 2 is 1.85 bits per heavy atom. The van der Waals surface area contributed by atoms with Gasteiger partial charge in [-0.2, -0.15) is 4.98 Å². The van der Waals surface area contributed by atoms with E-state index in [0.717, 1.165) is 11.4 Å². The van der Waals surface area contributed by atoms with Gasteiger partial charge >= 0.3 is 0 Å². The average Bonchev–Trinajstić information content (AvgIpc) is 3.35. The van der Waals surface area contributed by atoms with Crippen LogP contribution in [0.5, 0.6) is 0 Å². The van der Waals surface area contributed by atoms with Gasteiger partial charge in [-0.1, -0.05) is 31.1 Å². The fourth-order valence-electron chi connectivity index (χ4n) is 3.80. The first-order valence-electron chi connectivity index (χ1n) is 10.9. The van der Waals surface area contributed by atoms with E-state index in [1.807, 2.05) is 26.0 Å². The number of carbonyl (C=O) groups is 1. The monoisotopic (exact) mass is 445 g/mol. The molecule has 33 heavy (non-hydrogen) atoms. The smallest absolute Gasteiger partial charge is 0.289 e. The van der Waals surface area contributed by atoms with Crippen LogP contribution in [0.1, 0.15) is 36.2 Å². The number of benzene rings is 1. The van der Waals surface area contributed by atoms with Crippen molar-refractivity contribution in [3.05, 3.63) is 70.5 Å². The molecule has 0 atom stereocenters. The molecule has 168 valence electrons. The Morgan fingerprint density at radius 3 is 2.55 bits per heavy atom. The van der Waals surface area contributed by atoms with Crippen molar-refractivity contribution >= 4 is 22.7 Å². The third-order valence-electron chi connectivity index (χ3n) is 5.68. The molecule has 4 heterocycles. The number of hydrogen-bond acceptors (Lipinski definition) is 8. The summed E-state index contributed by atoms with van der Waals surface area (Å²) in [4.78, 5) is 38.0. The number of piperazine rings is 1. The maximum Gasteiger partial charge on any atom is 0.289 e. The van der Waals surface area contributed by atoms with Crippen LogP contribution in [-0.4, -0.2) is 52.1 Å². The lowest BCUT2D eigenvalue weighted by molar-refractivity contribution is 0.0715. The minimum absolute atomic E-state index is 0.0653. The second-order valence-corrected chi connectivity index (χ2v) is 8.27. The van der Waals surface area contributed by atoms with Gasteiger partial charge in [-0.25, -0.2) is 4.98 Å². The van der Waals surface area contributed by atoms with Crippen molar-refractivity contribution in [1.82, 2.24) is 20.0 Å². The van der Waals surface area contributed by atoms with Crippen molar-refractivity contribution < 1.29 is 13.7 Å². The van der Waals surface area contributed by atoms with Gasteiger partial charge in [0, 0.05) is 49.9 Å². The van der Waals surface area contributed by atoms with Crippen LogP contribution in [-0.2, 0) is 0 Å². The molecule has 0 unspecified atom stereocenters. The third-order valence-corrected chi connectivity index (χ3v) is 5.68. The molecule has 9 heteroatoms. The zero-order valence-corrected chi connectivity index (χ0v) is 18.4. The standard InChI is InChI=1S/C24H23N5O4/c1-15(2)23-26-22(27-33-23)16-7-8-21(25-14-16)28-9-11-29(12-10-28)24(31)20-13-18(30)17-5-3-4-6-19(17)32-20/h3-8,13-15H,9-12H2,1-2H3. The van der Waals surface area contributed by atoms with E-state index in [1.54, 1.807) is 35.4 Å². The molecule has 5 rings (SSSR count). The van der Waals surface area contributed by atoms with E-state index in [1.165, 1.54) is 6.07 Å². The maximum atomic E-state index is 12.9. The van der Waals surface area contributed by atoms with E-state index in [2.05, 4.69) is 20.0 Å². The molecule has 0 aliphatic carbocycles. The normalized spacial score (nSPS) is 14.3. The van der Waals surface area contributed by atoms with E-state index < -0.39 is 0 Å². The molecular weight excluding hydrogens is 422 g/mol. The van der Waals surface area contributed by atoms with Crippen LogP contribution in [0.15, 0.2) is 62.4 Å². The molecule has 4 aromatic rings. The van der Waals surface area contributed by atoms with Crippen molar-refractivity contribution in [2.45, 2.75) is 19.8 Å². The van der Waals surface area contributed by atoms with Crippen molar-refractivity contribution in [3.63, 3.8) is 0 Å². The van der Waals surface area contributed by atoms with E-state index in [4.69, 9.17) is 8.94 Å². The summed E-state index contributed by atoms with van der Waals surface area (Å²) in [5, 5.41) is 4.49. The number of rotatable bonds is 4. The van der Waals surface area contributed by atoms with Crippen molar-refractivity contribution in [2.75, 3.05) is 31.1 Å². The summed E-state index contributed by atoms with van der Waals surface area (Å²) in [5.74, 6) is 1.88. The first-order chi connectivity index (χ1) is 16.0. The van der Waals surface area contributed by atoms with Crippen LogP contribution in [0.4, 0.5) is 5.82 Å². The Morgan fingerprint density at radius 1 is 1.06 bits per heavy atom. The van der Waals surface area contributed by atoms with Crippen LogP contribution in [0.2, 0.25) is 0 Å². The molecule has 1 fully saturated rings. The van der Waals surface area contributed by atoms with Gasteiger partial charge in [0.15, 0.2) is 11.2 Å². The van der Waals surface area contributed by atoms with Crippen LogP contribution >= 0.6 is 0 Å². The first-order valence-corrected chi connectivity index (χ1v) is 10.9. The number of amides is 1. The van der Waals surface area contributed by atoms with Crippen molar-refractivity contribution in [2.24, 2.45) is 0 Å². The molecule has 0 spiro atoms. The zero-order valence-electron chi connectivity index (χ0n) is 18.4. The second-order valence-electron chi connectivity index (χ2n) is 8.27. The number of anilines is 1. The molecule has 1 aromatic carbocycles. The number of aromatic nitrogens is 3. The lowest BCUT2D eigenvalue weighted by atomic mass is 10.2. The highest BCUT2D eigenvalue weighted by Gasteiger charge is 2.25. The molecule has 9 nitrogen and oxygen atoms in total. The van der Waals surface area contributed by atoms with Crippen LogP contribution in [0, 0.1) is 0 Å². The Balaban J connectivity index is 1.25. The summed E-state index contributed by atoms with van der Waals surface area (Å²) >= 11 is 0. The minimum atomic E-state index is -0.279. The van der Waals surface area contributed by atoms with Gasteiger partial charge in [0.1, 0.15) is 11.4 Å². The molecule has 0 radical (unpaired) electrons. The van der Waals surface area contributed by atoms with Gasteiger partial charge in [-0.05, 0) is 24.3 Å². The van der Waals surface area contributed by atoms with E-state index in [9.17, 15) is 9.59 Å². The lowest BCUT2D eigenvalue weighted by Crippen LogP contribution is -2.49. The van der Waals surface area contributed by atoms with Crippen molar-refractivity contribution in [3.8, 4) is 11.4 Å². The Labute approximate surface area is 189 Å². The number of fused-ring (bicyclic) bond motifs is 1. The highest BCUT2D eigenvalue weighted by molar-refractivity contribution is 5.93. The van der Waals surface area contributed by atoms with E-state index >= 15 is 0 Å². The summed E-state index contributed by atoms with van der Waals surface area (Å²) in [6.07, 6.45) is 1.73. The number of para-hydroxylation sites is 1. The fourth-order valence-corrected chi connectivity index (χ4v) is 3.80. The average molecular weight is 445 g/mol. The Hall–Kier alpha value is -4.01. The number of carbonyl (C=O) groups excluding carboxylic acids is 1. The Bertz CT molecular complexity index is 1350. The number of hydrogen-bond donors (Lipinski definition) is 0. The number of nitrogens with zero attached hydrogens (tertiary/aromatic N) is 5. The molecular formula is C24H23N5O4. The number of pyridine rings is 1. The lowest BCUT2D eigenvalue weighted by Gasteiger charge is -2.35. The largest absolute Gasteiger partial charge is 0.451 e. The van der Waals surface area contributed by atoms with Crippen molar-refractivity contribution in [1.29, 1.82) is 0 Å². The van der Waals surface area contributed by atoms with Gasteiger partial charge in [0.05, 0.1) is 5.39 Å². The molecule has 0 N–H and O–H groups in total. The topological polar surface area (TPSA) is 106 Å². The minimum Gasteiger partial charge on any atom is -0.451 e. The highest BCUT2D eigenvalue weighted by Crippen LogP contribution is 2.22. The van der Waals surface area contributed by atoms with Crippen LogP contribution in [0.3, 0.4) is 0 Å². The summed E-state index contributed by atoms with van der Waals surface area (Å²) in [6, 6.07) is 12.0. The van der Waals surface area contributed by atoms with Gasteiger partial charge in [0.2, 0.25) is 11.7 Å². The predicted octanol–water partition coefficient (Wildman–Crippen LogP) is 3.32. The van der Waals surface area contributed by atoms with Gasteiger partial charge in [-0.3, -0.25) is 9.59 Å². The second kappa shape index (κ2) is 8.50. The molecule has 0 saturated carbocycles. The molecule has 1 amide bonds. The fraction of sp³-hybridized carbons (Fsp3) is 0.292. The van der Waals surface area contributed by atoms with Gasteiger partial charge < -0.3 is 18.7 Å². The molecule has 0 bridgehead atoms. The zero-order chi connectivity index (χ0) is 22.9. The molecule has 3 aromatic heterocycles. The molecule has 1 saturated heterocycles. The van der Waals surface area contributed by atoms with Crippen LogP contribution < -0.4 is 10.3 Å². The maximum absolute atomic E-state index is 12.9.